The smallest absolute Gasteiger partial charge is 0.0211 e. The minimum Gasteiger partial charge on any atom is -0.313 e. The molecule has 0 unspecified atom stereocenters. The van der Waals surface area contributed by atoms with Crippen molar-refractivity contribution in [1.82, 2.24) is 5.32 Å². The second-order valence-corrected chi connectivity index (χ2v) is 7.00. The summed E-state index contributed by atoms with van der Waals surface area (Å²) in [5.41, 5.74) is 1.42. The second kappa shape index (κ2) is 12.1. The van der Waals surface area contributed by atoms with Crippen LogP contribution >= 0.6 is 0 Å². The first-order valence-electron chi connectivity index (χ1n) is 10.1. The van der Waals surface area contributed by atoms with Crippen molar-refractivity contribution >= 4 is 10.8 Å². The maximum absolute atomic E-state index is 3.62. The van der Waals surface area contributed by atoms with E-state index in [0.717, 1.165) is 13.1 Å². The number of nitrogens with one attached hydrogen (secondary N) is 1. The third kappa shape index (κ3) is 7.05. The van der Waals surface area contributed by atoms with Gasteiger partial charge in [-0.15, -0.1) is 0 Å². The molecule has 0 aliphatic rings. The van der Waals surface area contributed by atoms with Crippen LogP contribution in [0.5, 0.6) is 0 Å². The van der Waals surface area contributed by atoms with Crippen molar-refractivity contribution in [1.29, 1.82) is 0 Å². The van der Waals surface area contributed by atoms with Gasteiger partial charge in [0.05, 0.1) is 0 Å². The summed E-state index contributed by atoms with van der Waals surface area (Å²) in [4.78, 5) is 0. The molecule has 0 radical (unpaired) electrons. The summed E-state index contributed by atoms with van der Waals surface area (Å²) < 4.78 is 0. The molecule has 0 saturated heterocycles. The Hall–Kier alpha value is -1.34. The van der Waals surface area contributed by atoms with Crippen LogP contribution in [0.2, 0.25) is 0 Å². The first-order valence-corrected chi connectivity index (χ1v) is 10.1. The van der Waals surface area contributed by atoms with Crippen LogP contribution in [0.15, 0.2) is 42.5 Å². The molecule has 0 aliphatic heterocycles. The average Bonchev–Trinajstić information content (AvgIpc) is 2.63. The van der Waals surface area contributed by atoms with Crippen molar-refractivity contribution < 1.29 is 0 Å². The molecule has 0 saturated carbocycles. The topological polar surface area (TPSA) is 12.0 Å². The van der Waals surface area contributed by atoms with E-state index < -0.39 is 0 Å². The largest absolute Gasteiger partial charge is 0.313 e. The molecular formula is C23H35N. The van der Waals surface area contributed by atoms with E-state index in [0.29, 0.717) is 0 Å². The van der Waals surface area contributed by atoms with Crippen LogP contribution in [0, 0.1) is 0 Å². The zero-order valence-corrected chi connectivity index (χ0v) is 15.5. The van der Waals surface area contributed by atoms with Gasteiger partial charge in [-0.05, 0) is 29.3 Å². The fraction of sp³-hybridized carbons (Fsp3) is 0.565. The summed E-state index contributed by atoms with van der Waals surface area (Å²) in [5.74, 6) is 0. The molecular weight excluding hydrogens is 290 g/mol. The van der Waals surface area contributed by atoms with Crippen molar-refractivity contribution in [2.45, 2.75) is 77.7 Å². The fourth-order valence-electron chi connectivity index (χ4n) is 3.41. The molecule has 24 heavy (non-hydrogen) atoms. The maximum Gasteiger partial charge on any atom is 0.0211 e. The first kappa shape index (κ1) is 19.0. The molecule has 1 N–H and O–H groups in total. The molecule has 1 nitrogen and oxygen atoms in total. The van der Waals surface area contributed by atoms with Gasteiger partial charge < -0.3 is 5.32 Å². The Labute approximate surface area is 148 Å². The van der Waals surface area contributed by atoms with Crippen molar-refractivity contribution in [2.24, 2.45) is 0 Å². The standard InChI is InChI=1S/C23H35N/c1-2-3-4-5-6-7-8-9-10-13-19-24-20-22-17-14-16-21-15-11-12-18-23(21)22/h11-12,14-18,24H,2-10,13,19-20H2,1H3. The molecule has 0 heterocycles. The first-order chi connectivity index (χ1) is 11.9. The Morgan fingerprint density at radius 3 is 2.04 bits per heavy atom. The van der Waals surface area contributed by atoms with E-state index >= 15 is 0 Å². The Kier molecular flexibility index (Phi) is 9.56. The Morgan fingerprint density at radius 2 is 1.29 bits per heavy atom. The van der Waals surface area contributed by atoms with Gasteiger partial charge >= 0.3 is 0 Å². The molecule has 0 fully saturated rings. The van der Waals surface area contributed by atoms with Gasteiger partial charge in [-0.2, -0.15) is 0 Å². The second-order valence-electron chi connectivity index (χ2n) is 7.00. The zero-order valence-electron chi connectivity index (χ0n) is 15.5. The minimum atomic E-state index is 0.985. The lowest BCUT2D eigenvalue weighted by Crippen LogP contribution is -2.14. The van der Waals surface area contributed by atoms with Crippen molar-refractivity contribution in [2.75, 3.05) is 6.54 Å². The molecule has 0 aromatic heterocycles. The normalized spacial score (nSPS) is 11.2. The van der Waals surface area contributed by atoms with E-state index in [4.69, 9.17) is 0 Å². The number of unbranched alkanes of at least 4 members (excludes halogenated alkanes) is 9. The van der Waals surface area contributed by atoms with Crippen molar-refractivity contribution in [3.8, 4) is 0 Å². The lowest BCUT2D eigenvalue weighted by Gasteiger charge is -2.08. The summed E-state index contributed by atoms with van der Waals surface area (Å²) in [7, 11) is 0. The predicted octanol–water partition coefficient (Wildman–Crippen LogP) is 6.85. The van der Waals surface area contributed by atoms with Crippen LogP contribution in [0.1, 0.15) is 76.7 Å². The highest BCUT2D eigenvalue weighted by Gasteiger charge is 1.99. The molecule has 1 heteroatoms. The number of hydrogen-bond acceptors (Lipinski definition) is 1. The van der Waals surface area contributed by atoms with Gasteiger partial charge in [-0.3, -0.25) is 0 Å². The van der Waals surface area contributed by atoms with Crippen LogP contribution < -0.4 is 5.32 Å². The molecule has 132 valence electrons. The summed E-state index contributed by atoms with van der Waals surface area (Å²) in [5, 5.41) is 6.35. The van der Waals surface area contributed by atoms with Crippen molar-refractivity contribution in [3.05, 3.63) is 48.0 Å². The van der Waals surface area contributed by atoms with Gasteiger partial charge in [0.1, 0.15) is 0 Å². The monoisotopic (exact) mass is 325 g/mol. The summed E-state index contributed by atoms with van der Waals surface area (Å²) in [6.07, 6.45) is 14.0. The number of benzene rings is 2. The molecule has 2 rings (SSSR count). The highest BCUT2D eigenvalue weighted by atomic mass is 14.8. The molecule has 2 aromatic carbocycles. The SMILES string of the molecule is CCCCCCCCCCCCNCc1cccc2ccccc12. The lowest BCUT2D eigenvalue weighted by atomic mass is 10.0. The minimum absolute atomic E-state index is 0.985. The van der Waals surface area contributed by atoms with Crippen LogP contribution in [0.25, 0.3) is 10.8 Å². The van der Waals surface area contributed by atoms with Crippen LogP contribution in [-0.2, 0) is 6.54 Å². The molecule has 0 atom stereocenters. The van der Waals surface area contributed by atoms with Gasteiger partial charge in [0.25, 0.3) is 0 Å². The average molecular weight is 326 g/mol. The Balaban J connectivity index is 1.49. The Morgan fingerprint density at radius 1 is 0.667 bits per heavy atom. The third-order valence-electron chi connectivity index (χ3n) is 4.90. The number of fused-ring (bicyclic) bond motifs is 1. The van der Waals surface area contributed by atoms with Crippen LogP contribution in [-0.4, -0.2) is 6.54 Å². The summed E-state index contributed by atoms with van der Waals surface area (Å²) in [6.45, 7) is 4.41. The Bertz CT molecular complexity index is 555. The quantitative estimate of drug-likeness (QED) is 0.397. The summed E-state index contributed by atoms with van der Waals surface area (Å²) >= 11 is 0. The predicted molar refractivity (Wildman–Crippen MR) is 107 cm³/mol. The number of rotatable bonds is 13. The van der Waals surface area contributed by atoms with Crippen LogP contribution in [0.4, 0.5) is 0 Å². The van der Waals surface area contributed by atoms with E-state index in [1.807, 2.05) is 0 Å². The molecule has 0 bridgehead atoms. The maximum atomic E-state index is 3.62. The lowest BCUT2D eigenvalue weighted by molar-refractivity contribution is 0.544. The molecule has 2 aromatic rings. The van der Waals surface area contributed by atoms with E-state index in [-0.39, 0.29) is 0 Å². The highest BCUT2D eigenvalue weighted by molar-refractivity contribution is 5.85. The van der Waals surface area contributed by atoms with Gasteiger partial charge in [0.15, 0.2) is 0 Å². The van der Waals surface area contributed by atoms with E-state index in [2.05, 4.69) is 54.7 Å². The van der Waals surface area contributed by atoms with E-state index in [9.17, 15) is 0 Å². The van der Waals surface area contributed by atoms with Gasteiger partial charge in [-0.25, -0.2) is 0 Å². The number of hydrogen-bond donors (Lipinski definition) is 1. The van der Waals surface area contributed by atoms with Gasteiger partial charge in [-0.1, -0.05) is 107 Å². The molecule has 0 aliphatic carbocycles. The molecule has 0 spiro atoms. The van der Waals surface area contributed by atoms with Gasteiger partial charge in [0, 0.05) is 6.54 Å². The summed E-state index contributed by atoms with van der Waals surface area (Å²) in [6, 6.07) is 15.3. The fourth-order valence-corrected chi connectivity index (χ4v) is 3.41. The van der Waals surface area contributed by atoms with Crippen molar-refractivity contribution in [3.63, 3.8) is 0 Å². The highest BCUT2D eigenvalue weighted by Crippen LogP contribution is 2.18. The van der Waals surface area contributed by atoms with Crippen LogP contribution in [0.3, 0.4) is 0 Å². The third-order valence-corrected chi connectivity index (χ3v) is 4.90. The van der Waals surface area contributed by atoms with Gasteiger partial charge in [0.2, 0.25) is 0 Å². The zero-order chi connectivity index (χ0) is 16.9. The van der Waals surface area contributed by atoms with E-state index in [1.54, 1.807) is 0 Å². The molecule has 0 amide bonds. The van der Waals surface area contributed by atoms with E-state index in [1.165, 1.54) is 80.5 Å².